The van der Waals surface area contributed by atoms with E-state index in [9.17, 15) is 38.4 Å². The standard InChI is InChI=1S/C44H42N2O16/c1-27(47)57-35-17-9-5-13-31(35)41(51)55-25-39(61-43(53)33-15-7-11-19-37(33)59-29(3)49)45-21-23-46(24-22-45)40(62-44(54)34-16-8-12-20-38(34)60-30(4)50)26-56-42(52)32-14-6-10-18-36(32)58-28(2)48/h5-20,39-40H,21-26H2,1-4H3. The van der Waals surface area contributed by atoms with Gasteiger partial charge in [-0.05, 0) is 48.5 Å². The number of carbonyl (C=O) groups is 8. The number of hydrogen-bond acceptors (Lipinski definition) is 18. The lowest BCUT2D eigenvalue weighted by atomic mass is 10.2. The third-order valence-electron chi connectivity index (χ3n) is 8.81. The van der Waals surface area contributed by atoms with Crippen LogP contribution in [0.25, 0.3) is 0 Å². The normalized spacial score (nSPS) is 13.6. The zero-order valence-corrected chi connectivity index (χ0v) is 34.1. The third kappa shape index (κ3) is 12.8. The van der Waals surface area contributed by atoms with Gasteiger partial charge in [0, 0.05) is 53.9 Å². The molecule has 324 valence electrons. The molecular weight excluding hydrogens is 812 g/mol. The first-order valence-electron chi connectivity index (χ1n) is 19.0. The minimum Gasteiger partial charge on any atom is -0.457 e. The van der Waals surface area contributed by atoms with Crippen molar-refractivity contribution in [2.45, 2.75) is 40.2 Å². The molecule has 4 aromatic rings. The van der Waals surface area contributed by atoms with Crippen molar-refractivity contribution in [3.8, 4) is 23.0 Å². The molecule has 1 aliphatic heterocycles. The Balaban J connectivity index is 1.38. The molecule has 0 saturated carbocycles. The van der Waals surface area contributed by atoms with Crippen LogP contribution in [0.4, 0.5) is 0 Å². The highest BCUT2D eigenvalue weighted by Crippen LogP contribution is 2.25. The van der Waals surface area contributed by atoms with Crippen LogP contribution in [0.5, 0.6) is 23.0 Å². The van der Waals surface area contributed by atoms with Crippen LogP contribution in [0, 0.1) is 0 Å². The summed E-state index contributed by atoms with van der Waals surface area (Å²) in [4.78, 5) is 104. The summed E-state index contributed by atoms with van der Waals surface area (Å²) in [6, 6.07) is 23.6. The Hall–Kier alpha value is -7.44. The number of esters is 8. The van der Waals surface area contributed by atoms with E-state index in [1.165, 1.54) is 88.4 Å². The molecule has 18 nitrogen and oxygen atoms in total. The Morgan fingerprint density at radius 3 is 0.903 bits per heavy atom. The molecule has 0 aromatic heterocycles. The van der Waals surface area contributed by atoms with E-state index in [0.29, 0.717) is 0 Å². The quantitative estimate of drug-likeness (QED) is 0.0867. The maximum atomic E-state index is 13.6. The van der Waals surface area contributed by atoms with Gasteiger partial charge in [-0.25, -0.2) is 19.2 Å². The minimum absolute atomic E-state index is 0.0471. The molecule has 18 heteroatoms. The van der Waals surface area contributed by atoms with E-state index in [0.717, 1.165) is 0 Å². The number of rotatable bonds is 16. The Labute approximate surface area is 355 Å². The second-order valence-electron chi connectivity index (χ2n) is 13.3. The molecule has 1 fully saturated rings. The average Bonchev–Trinajstić information content (AvgIpc) is 3.23. The van der Waals surface area contributed by atoms with Gasteiger partial charge in [0.05, 0.1) is 0 Å². The van der Waals surface area contributed by atoms with Gasteiger partial charge in [0.25, 0.3) is 0 Å². The monoisotopic (exact) mass is 854 g/mol. The zero-order chi connectivity index (χ0) is 44.8. The molecule has 0 N–H and O–H groups in total. The summed E-state index contributed by atoms with van der Waals surface area (Å²) in [6.45, 7) is 4.02. The molecule has 0 bridgehead atoms. The molecule has 0 radical (unpaired) electrons. The zero-order valence-electron chi connectivity index (χ0n) is 34.1. The molecule has 0 amide bonds. The Morgan fingerprint density at radius 2 is 0.645 bits per heavy atom. The highest BCUT2D eigenvalue weighted by molar-refractivity contribution is 5.95. The summed E-state index contributed by atoms with van der Waals surface area (Å²) in [5, 5.41) is 0. The minimum atomic E-state index is -1.24. The van der Waals surface area contributed by atoms with Crippen molar-refractivity contribution < 1.29 is 76.3 Å². The van der Waals surface area contributed by atoms with Crippen LogP contribution in [0.15, 0.2) is 97.1 Å². The van der Waals surface area contributed by atoms with Gasteiger partial charge >= 0.3 is 47.8 Å². The fourth-order valence-electron chi connectivity index (χ4n) is 6.08. The lowest BCUT2D eigenvalue weighted by Gasteiger charge is -2.40. The van der Waals surface area contributed by atoms with Gasteiger partial charge in [-0.2, -0.15) is 0 Å². The fraction of sp³-hybridized carbons (Fsp3) is 0.273. The number of piperazine rings is 1. The summed E-state index contributed by atoms with van der Waals surface area (Å²) >= 11 is 0. The molecule has 5 rings (SSSR count). The predicted molar refractivity (Wildman–Crippen MR) is 213 cm³/mol. The van der Waals surface area contributed by atoms with Crippen molar-refractivity contribution in [1.29, 1.82) is 0 Å². The van der Waals surface area contributed by atoms with E-state index in [-0.39, 0.29) is 71.4 Å². The topological polar surface area (TPSA) is 217 Å². The summed E-state index contributed by atoms with van der Waals surface area (Å²) in [7, 11) is 0. The Morgan fingerprint density at radius 1 is 0.403 bits per heavy atom. The number of hydrogen-bond donors (Lipinski definition) is 0. The molecule has 1 heterocycles. The van der Waals surface area contributed by atoms with Gasteiger partial charge < -0.3 is 37.9 Å². The summed E-state index contributed by atoms with van der Waals surface area (Å²) in [6.07, 6.45) is -2.49. The molecular formula is C44H42N2O16. The lowest BCUT2D eigenvalue weighted by Crippen LogP contribution is -2.56. The van der Waals surface area contributed by atoms with Crippen LogP contribution in [0.1, 0.15) is 69.1 Å². The number of benzene rings is 4. The number of nitrogens with zero attached hydrogens (tertiary/aromatic N) is 2. The predicted octanol–water partition coefficient (Wildman–Crippen LogP) is 4.39. The summed E-state index contributed by atoms with van der Waals surface area (Å²) in [5.74, 6) is -6.51. The third-order valence-corrected chi connectivity index (χ3v) is 8.81. The van der Waals surface area contributed by atoms with Gasteiger partial charge in [0.15, 0.2) is 12.5 Å². The largest absolute Gasteiger partial charge is 0.457 e. The smallest absolute Gasteiger partial charge is 0.343 e. The van der Waals surface area contributed by atoms with Gasteiger partial charge in [-0.3, -0.25) is 29.0 Å². The molecule has 4 aromatic carbocycles. The maximum absolute atomic E-state index is 13.6. The molecule has 0 aliphatic carbocycles. The van der Waals surface area contributed by atoms with E-state index in [1.54, 1.807) is 46.2 Å². The SMILES string of the molecule is CC(=O)Oc1ccccc1C(=O)OCC(OC(=O)c1ccccc1OC(C)=O)N1CCN(C(COC(=O)c2ccccc2OC(C)=O)OC(=O)c2ccccc2OC(C)=O)CC1. The number of ether oxygens (including phenoxy) is 8. The van der Waals surface area contributed by atoms with Crippen molar-refractivity contribution in [2.24, 2.45) is 0 Å². The van der Waals surface area contributed by atoms with Crippen LogP contribution >= 0.6 is 0 Å². The summed E-state index contributed by atoms with van der Waals surface area (Å²) < 4.78 is 43.7. The number of para-hydroxylation sites is 4. The maximum Gasteiger partial charge on any atom is 0.343 e. The number of carbonyl (C=O) groups excluding carboxylic acids is 8. The summed E-state index contributed by atoms with van der Waals surface area (Å²) in [5.41, 5.74) is -0.308. The van der Waals surface area contributed by atoms with Gasteiger partial charge in [0.1, 0.15) is 58.5 Å². The van der Waals surface area contributed by atoms with Crippen LogP contribution < -0.4 is 18.9 Å². The van der Waals surface area contributed by atoms with Crippen molar-refractivity contribution in [1.82, 2.24) is 9.80 Å². The van der Waals surface area contributed by atoms with Crippen LogP contribution in [0.3, 0.4) is 0 Å². The van der Waals surface area contributed by atoms with E-state index >= 15 is 0 Å². The molecule has 1 aliphatic rings. The molecule has 2 atom stereocenters. The van der Waals surface area contributed by atoms with E-state index in [1.807, 2.05) is 0 Å². The fourth-order valence-corrected chi connectivity index (χ4v) is 6.08. The van der Waals surface area contributed by atoms with Crippen molar-refractivity contribution in [3.05, 3.63) is 119 Å². The average molecular weight is 855 g/mol. The first kappa shape index (κ1) is 45.6. The molecule has 0 spiro atoms. The highest BCUT2D eigenvalue weighted by atomic mass is 16.6. The van der Waals surface area contributed by atoms with E-state index < -0.39 is 73.4 Å². The van der Waals surface area contributed by atoms with E-state index in [2.05, 4.69) is 0 Å². The molecule has 2 unspecified atom stereocenters. The first-order valence-corrected chi connectivity index (χ1v) is 19.0. The highest BCUT2D eigenvalue weighted by Gasteiger charge is 2.35. The van der Waals surface area contributed by atoms with Crippen LogP contribution in [-0.4, -0.2) is 109 Å². The van der Waals surface area contributed by atoms with Crippen molar-refractivity contribution >= 4 is 47.8 Å². The van der Waals surface area contributed by atoms with Gasteiger partial charge in [0.2, 0.25) is 0 Å². The van der Waals surface area contributed by atoms with Gasteiger partial charge in [-0.1, -0.05) is 48.5 Å². The lowest BCUT2D eigenvalue weighted by molar-refractivity contribution is -0.133. The Kier molecular flexibility index (Phi) is 16.0. The van der Waals surface area contributed by atoms with Crippen LogP contribution in [-0.2, 0) is 38.1 Å². The Bertz CT molecular complexity index is 2160. The first-order chi connectivity index (χ1) is 29.7. The molecule has 1 saturated heterocycles. The second-order valence-corrected chi connectivity index (χ2v) is 13.3. The van der Waals surface area contributed by atoms with E-state index in [4.69, 9.17) is 37.9 Å². The second kappa shape index (κ2) is 21.7. The van der Waals surface area contributed by atoms with Crippen LogP contribution in [0.2, 0.25) is 0 Å². The van der Waals surface area contributed by atoms with Gasteiger partial charge in [-0.15, -0.1) is 0 Å². The van der Waals surface area contributed by atoms with Crippen molar-refractivity contribution in [3.63, 3.8) is 0 Å². The molecule has 62 heavy (non-hydrogen) atoms. The van der Waals surface area contributed by atoms with Crippen molar-refractivity contribution in [2.75, 3.05) is 39.4 Å².